The van der Waals surface area contributed by atoms with Gasteiger partial charge in [-0.3, -0.25) is 0 Å². The molecule has 0 unspecified atom stereocenters. The van der Waals surface area contributed by atoms with Crippen molar-refractivity contribution in [1.29, 1.82) is 0 Å². The van der Waals surface area contributed by atoms with E-state index in [1.807, 2.05) is 19.1 Å². The largest absolute Gasteiger partial charge is 0.508 e. The SMILES string of the molecule is Cc1cc(C(C)(C)c2cccc(C(C)(C)c3ccc(O)c(C(C)(c4cccc5ccccc45)c4cccc5ccccc45)c3)c2)ccc1O. The highest BCUT2D eigenvalue weighted by atomic mass is 16.3. The topological polar surface area (TPSA) is 40.5 Å². The van der Waals surface area contributed by atoms with E-state index in [-0.39, 0.29) is 16.6 Å². The number of aromatic hydroxyl groups is 2. The van der Waals surface area contributed by atoms with E-state index < -0.39 is 5.41 Å². The Morgan fingerprint density at radius 1 is 0.388 bits per heavy atom. The number of benzene rings is 7. The van der Waals surface area contributed by atoms with Gasteiger partial charge in [0.05, 0.1) is 0 Å². The Bertz CT molecular complexity index is 2250. The molecule has 2 N–H and O–H groups in total. The monoisotopic (exact) mass is 640 g/mol. The molecule has 0 heterocycles. The number of phenolic OH excluding ortho intramolecular Hbond substituents is 2. The van der Waals surface area contributed by atoms with E-state index in [1.165, 1.54) is 32.7 Å². The standard InChI is InChI=1S/C47H44O2/c1-31-28-36(24-26-43(31)48)45(2,3)34-18-13-19-35(29-34)46(4,5)37-25-27-44(49)42(30-37)47(6,40-22-11-16-32-14-7-9-20-38(32)40)41-23-12-17-33-15-8-10-21-39(33)41/h7-30,48-49H,1-6H3. The fourth-order valence-electron chi connectivity index (χ4n) is 7.76. The molecule has 0 aliphatic rings. The van der Waals surface area contributed by atoms with Crippen LogP contribution >= 0.6 is 0 Å². The number of hydrogen-bond acceptors (Lipinski definition) is 2. The minimum Gasteiger partial charge on any atom is -0.508 e. The Hall–Kier alpha value is -5.34. The summed E-state index contributed by atoms with van der Waals surface area (Å²) >= 11 is 0. The van der Waals surface area contributed by atoms with Gasteiger partial charge in [0.15, 0.2) is 0 Å². The number of phenols is 2. The lowest BCUT2D eigenvalue weighted by atomic mass is 9.66. The molecule has 0 radical (unpaired) electrons. The molecule has 2 heteroatoms. The number of aryl methyl sites for hydroxylation is 1. The normalized spacial score (nSPS) is 12.4. The molecule has 0 saturated carbocycles. The molecule has 244 valence electrons. The van der Waals surface area contributed by atoms with Crippen molar-refractivity contribution in [2.75, 3.05) is 0 Å². The van der Waals surface area contributed by atoms with Crippen molar-refractivity contribution >= 4 is 21.5 Å². The van der Waals surface area contributed by atoms with E-state index in [0.717, 1.165) is 33.4 Å². The van der Waals surface area contributed by atoms with Crippen LogP contribution in [0, 0.1) is 6.92 Å². The van der Waals surface area contributed by atoms with Crippen molar-refractivity contribution in [3.63, 3.8) is 0 Å². The summed E-state index contributed by atoms with van der Waals surface area (Å²) in [4.78, 5) is 0. The molecule has 7 aromatic carbocycles. The van der Waals surface area contributed by atoms with Crippen LogP contribution < -0.4 is 0 Å². The lowest BCUT2D eigenvalue weighted by Crippen LogP contribution is -2.28. The highest BCUT2D eigenvalue weighted by Crippen LogP contribution is 2.49. The zero-order chi connectivity index (χ0) is 34.6. The van der Waals surface area contributed by atoms with E-state index in [4.69, 9.17) is 0 Å². The van der Waals surface area contributed by atoms with Gasteiger partial charge in [0.1, 0.15) is 11.5 Å². The number of fused-ring (bicyclic) bond motifs is 2. The first kappa shape index (κ1) is 32.2. The Morgan fingerprint density at radius 3 is 1.35 bits per heavy atom. The zero-order valence-electron chi connectivity index (χ0n) is 29.3. The van der Waals surface area contributed by atoms with Gasteiger partial charge in [-0.15, -0.1) is 0 Å². The molecule has 0 saturated heterocycles. The summed E-state index contributed by atoms with van der Waals surface area (Å²) in [5, 5.41) is 26.7. The fourth-order valence-corrected chi connectivity index (χ4v) is 7.76. The van der Waals surface area contributed by atoms with Crippen molar-refractivity contribution in [2.24, 2.45) is 0 Å². The average Bonchev–Trinajstić information content (AvgIpc) is 3.12. The summed E-state index contributed by atoms with van der Waals surface area (Å²) in [6.07, 6.45) is 0. The molecule has 0 atom stereocenters. The Kier molecular flexibility index (Phi) is 7.87. The van der Waals surface area contributed by atoms with Gasteiger partial charge in [0, 0.05) is 21.8 Å². The maximum Gasteiger partial charge on any atom is 0.120 e. The van der Waals surface area contributed by atoms with Crippen LogP contribution in [0.5, 0.6) is 11.5 Å². The van der Waals surface area contributed by atoms with Gasteiger partial charge < -0.3 is 10.2 Å². The molecule has 0 aromatic heterocycles. The van der Waals surface area contributed by atoms with E-state index in [2.05, 4.69) is 162 Å². The average molecular weight is 641 g/mol. The quantitative estimate of drug-likeness (QED) is 0.170. The number of rotatable bonds is 7. The number of hydrogen-bond donors (Lipinski definition) is 2. The third kappa shape index (κ3) is 5.36. The predicted octanol–water partition coefficient (Wildman–Crippen LogP) is 11.7. The smallest absolute Gasteiger partial charge is 0.120 e. The van der Waals surface area contributed by atoms with Crippen LogP contribution in [0.15, 0.2) is 146 Å². The van der Waals surface area contributed by atoms with Crippen molar-refractivity contribution in [1.82, 2.24) is 0 Å². The zero-order valence-corrected chi connectivity index (χ0v) is 29.3. The van der Waals surface area contributed by atoms with E-state index in [9.17, 15) is 10.2 Å². The maximum atomic E-state index is 11.9. The molecular weight excluding hydrogens is 597 g/mol. The van der Waals surface area contributed by atoms with Crippen LogP contribution in [0.4, 0.5) is 0 Å². The molecule has 49 heavy (non-hydrogen) atoms. The van der Waals surface area contributed by atoms with E-state index in [0.29, 0.717) is 5.75 Å². The maximum absolute atomic E-state index is 11.9. The van der Waals surface area contributed by atoms with Crippen molar-refractivity contribution in [2.45, 2.75) is 57.8 Å². The van der Waals surface area contributed by atoms with Crippen LogP contribution in [0.3, 0.4) is 0 Å². The summed E-state index contributed by atoms with van der Waals surface area (Å²) in [6, 6.07) is 51.1. The molecule has 0 aliphatic carbocycles. The molecule has 2 nitrogen and oxygen atoms in total. The van der Waals surface area contributed by atoms with Crippen LogP contribution in [-0.4, -0.2) is 10.2 Å². The first-order valence-corrected chi connectivity index (χ1v) is 17.1. The van der Waals surface area contributed by atoms with Crippen molar-refractivity contribution < 1.29 is 10.2 Å². The van der Waals surface area contributed by atoms with Crippen LogP contribution in [-0.2, 0) is 16.2 Å². The summed E-state index contributed by atoms with van der Waals surface area (Å²) in [5.74, 6) is 0.595. The second-order valence-electron chi connectivity index (χ2n) is 14.7. The lowest BCUT2D eigenvalue weighted by molar-refractivity contribution is 0.456. The van der Waals surface area contributed by atoms with Gasteiger partial charge >= 0.3 is 0 Å². The van der Waals surface area contributed by atoms with Gasteiger partial charge in [-0.25, -0.2) is 0 Å². The third-order valence-corrected chi connectivity index (χ3v) is 11.1. The molecule has 0 aliphatic heterocycles. The summed E-state index contributed by atoms with van der Waals surface area (Å²) < 4.78 is 0. The fraction of sp³-hybridized carbons (Fsp3) is 0.191. The molecule has 0 fully saturated rings. The van der Waals surface area contributed by atoms with Gasteiger partial charge in [-0.1, -0.05) is 155 Å². The first-order chi connectivity index (χ1) is 23.4. The summed E-state index contributed by atoms with van der Waals surface area (Å²) in [5.41, 5.74) is 7.41. The summed E-state index contributed by atoms with van der Waals surface area (Å²) in [6.45, 7) is 13.2. The molecule has 7 rings (SSSR count). The second-order valence-corrected chi connectivity index (χ2v) is 14.7. The molecule has 0 spiro atoms. The first-order valence-electron chi connectivity index (χ1n) is 17.1. The molecule has 0 amide bonds. The van der Waals surface area contributed by atoms with Crippen LogP contribution in [0.2, 0.25) is 0 Å². The Labute approximate surface area is 290 Å². The van der Waals surface area contributed by atoms with E-state index >= 15 is 0 Å². The van der Waals surface area contributed by atoms with Crippen molar-refractivity contribution in [3.05, 3.63) is 190 Å². The Balaban J connectivity index is 1.42. The second kappa shape index (κ2) is 12.0. The van der Waals surface area contributed by atoms with Gasteiger partial charge in [-0.2, -0.15) is 0 Å². The van der Waals surface area contributed by atoms with Gasteiger partial charge in [0.2, 0.25) is 0 Å². The van der Waals surface area contributed by atoms with E-state index in [1.54, 1.807) is 6.07 Å². The van der Waals surface area contributed by atoms with Crippen LogP contribution in [0.1, 0.15) is 79.1 Å². The van der Waals surface area contributed by atoms with Gasteiger partial charge in [0.25, 0.3) is 0 Å². The lowest BCUT2D eigenvalue weighted by Gasteiger charge is -2.36. The predicted molar refractivity (Wildman–Crippen MR) is 205 cm³/mol. The summed E-state index contributed by atoms with van der Waals surface area (Å²) in [7, 11) is 0. The highest BCUT2D eigenvalue weighted by Gasteiger charge is 2.38. The third-order valence-electron chi connectivity index (χ3n) is 11.1. The molecule has 7 aromatic rings. The molecular formula is C47H44O2. The minimum atomic E-state index is -0.682. The highest BCUT2D eigenvalue weighted by molar-refractivity contribution is 5.92. The minimum absolute atomic E-state index is 0.272. The van der Waals surface area contributed by atoms with Crippen molar-refractivity contribution in [3.8, 4) is 11.5 Å². The van der Waals surface area contributed by atoms with Gasteiger partial charge in [-0.05, 0) is 92.5 Å². The molecule has 0 bridgehead atoms. The van der Waals surface area contributed by atoms with Crippen LogP contribution in [0.25, 0.3) is 21.5 Å². The Morgan fingerprint density at radius 2 is 0.816 bits per heavy atom.